The third-order valence-corrected chi connectivity index (χ3v) is 2.58. The molecule has 7 nitrogen and oxygen atoms in total. The van der Waals surface area contributed by atoms with Gasteiger partial charge in [-0.1, -0.05) is 0 Å². The molecular formula is C8H10N6OS. The van der Waals surface area contributed by atoms with Crippen LogP contribution in [0.25, 0.3) is 0 Å². The number of amides is 1. The molecular weight excluding hydrogens is 228 g/mol. The van der Waals surface area contributed by atoms with Crippen molar-refractivity contribution >= 4 is 23.5 Å². The molecule has 16 heavy (non-hydrogen) atoms. The number of hydrogen-bond donors (Lipinski definition) is 2. The third-order valence-electron chi connectivity index (χ3n) is 2.10. The lowest BCUT2D eigenvalue weighted by molar-refractivity contribution is 0.0947. The van der Waals surface area contributed by atoms with E-state index in [1.807, 2.05) is 0 Å². The molecule has 0 aromatic carbocycles. The van der Waals surface area contributed by atoms with Crippen molar-refractivity contribution in [1.82, 2.24) is 23.8 Å². The SMILES string of the molecule is Cn1ncc(CNC(=O)c2cnsn2)c1N. The Morgan fingerprint density at radius 2 is 2.44 bits per heavy atom. The summed E-state index contributed by atoms with van der Waals surface area (Å²) >= 11 is 0.995. The van der Waals surface area contributed by atoms with Crippen molar-refractivity contribution in [3.8, 4) is 0 Å². The molecule has 0 saturated carbocycles. The molecule has 0 radical (unpaired) electrons. The third kappa shape index (κ3) is 2.01. The number of nitrogens with two attached hydrogens (primary N) is 1. The Morgan fingerprint density at radius 1 is 1.62 bits per heavy atom. The van der Waals surface area contributed by atoms with Gasteiger partial charge in [0.2, 0.25) is 0 Å². The van der Waals surface area contributed by atoms with Crippen molar-refractivity contribution in [3.05, 3.63) is 23.7 Å². The van der Waals surface area contributed by atoms with E-state index in [4.69, 9.17) is 5.73 Å². The zero-order chi connectivity index (χ0) is 11.5. The van der Waals surface area contributed by atoms with Crippen LogP contribution in [0.1, 0.15) is 16.1 Å². The molecule has 2 heterocycles. The fourth-order valence-corrected chi connectivity index (χ4v) is 1.57. The van der Waals surface area contributed by atoms with Crippen molar-refractivity contribution < 1.29 is 4.79 Å². The van der Waals surface area contributed by atoms with Crippen LogP contribution in [0.5, 0.6) is 0 Å². The molecule has 0 spiro atoms. The van der Waals surface area contributed by atoms with Crippen LogP contribution in [0.3, 0.4) is 0 Å². The number of nitrogen functional groups attached to an aromatic ring is 1. The second-order valence-corrected chi connectivity index (χ2v) is 3.71. The van der Waals surface area contributed by atoms with Gasteiger partial charge in [0.25, 0.3) is 5.91 Å². The fraction of sp³-hybridized carbons (Fsp3) is 0.250. The monoisotopic (exact) mass is 238 g/mol. The quantitative estimate of drug-likeness (QED) is 0.770. The van der Waals surface area contributed by atoms with E-state index in [2.05, 4.69) is 19.2 Å². The van der Waals surface area contributed by atoms with E-state index in [1.54, 1.807) is 17.9 Å². The number of anilines is 1. The van der Waals surface area contributed by atoms with E-state index < -0.39 is 0 Å². The van der Waals surface area contributed by atoms with Crippen LogP contribution in [-0.2, 0) is 13.6 Å². The van der Waals surface area contributed by atoms with Gasteiger partial charge in [0.15, 0.2) is 5.69 Å². The molecule has 0 aliphatic carbocycles. The lowest BCUT2D eigenvalue weighted by Crippen LogP contribution is -2.23. The van der Waals surface area contributed by atoms with Crippen molar-refractivity contribution in [3.63, 3.8) is 0 Å². The molecule has 0 atom stereocenters. The first kappa shape index (κ1) is 10.6. The van der Waals surface area contributed by atoms with Crippen molar-refractivity contribution in [2.75, 3.05) is 5.73 Å². The highest BCUT2D eigenvalue weighted by atomic mass is 32.1. The van der Waals surface area contributed by atoms with Gasteiger partial charge in [-0.05, 0) is 0 Å². The summed E-state index contributed by atoms with van der Waals surface area (Å²) in [4.78, 5) is 11.5. The topological polar surface area (TPSA) is 98.7 Å². The van der Waals surface area contributed by atoms with Crippen molar-refractivity contribution in [1.29, 1.82) is 0 Å². The highest BCUT2D eigenvalue weighted by Crippen LogP contribution is 2.08. The van der Waals surface area contributed by atoms with Gasteiger partial charge < -0.3 is 11.1 Å². The highest BCUT2D eigenvalue weighted by Gasteiger charge is 2.10. The molecule has 2 rings (SSSR count). The normalized spacial score (nSPS) is 10.3. The first-order chi connectivity index (χ1) is 7.68. The summed E-state index contributed by atoms with van der Waals surface area (Å²) in [5.74, 6) is 0.272. The molecule has 0 bridgehead atoms. The number of rotatable bonds is 3. The summed E-state index contributed by atoms with van der Waals surface area (Å²) in [6.07, 6.45) is 3.04. The van der Waals surface area contributed by atoms with Crippen LogP contribution in [0, 0.1) is 0 Å². The molecule has 8 heteroatoms. The van der Waals surface area contributed by atoms with E-state index in [0.717, 1.165) is 17.3 Å². The molecule has 0 aliphatic rings. The number of nitrogens with one attached hydrogen (secondary N) is 1. The zero-order valence-corrected chi connectivity index (χ0v) is 9.36. The summed E-state index contributed by atoms with van der Waals surface area (Å²) < 4.78 is 9.12. The van der Waals surface area contributed by atoms with Gasteiger partial charge in [-0.3, -0.25) is 9.48 Å². The van der Waals surface area contributed by atoms with Crippen LogP contribution >= 0.6 is 11.7 Å². The van der Waals surface area contributed by atoms with E-state index in [9.17, 15) is 4.79 Å². The minimum Gasteiger partial charge on any atom is -0.384 e. The molecule has 0 fully saturated rings. The number of aromatic nitrogens is 4. The summed E-state index contributed by atoms with van der Waals surface area (Å²) in [6.45, 7) is 0.329. The second-order valence-electron chi connectivity index (χ2n) is 3.15. The number of carbonyl (C=O) groups is 1. The zero-order valence-electron chi connectivity index (χ0n) is 8.54. The Morgan fingerprint density at radius 3 is 3.00 bits per heavy atom. The minimum atomic E-state index is -0.267. The van der Waals surface area contributed by atoms with Crippen LogP contribution in [0.2, 0.25) is 0 Å². The van der Waals surface area contributed by atoms with E-state index in [-0.39, 0.29) is 5.91 Å². The number of carbonyl (C=O) groups excluding carboxylic acids is 1. The average Bonchev–Trinajstić information content (AvgIpc) is 2.89. The first-order valence-corrected chi connectivity index (χ1v) is 5.23. The molecule has 1 amide bonds. The summed E-state index contributed by atoms with van der Waals surface area (Å²) in [6, 6.07) is 0. The lowest BCUT2D eigenvalue weighted by Gasteiger charge is -2.02. The predicted octanol–water partition coefficient (Wildman–Crippen LogP) is -0.216. The standard InChI is InChI=1S/C8H10N6OS/c1-14-7(9)5(3-11-14)2-10-8(15)6-4-12-16-13-6/h3-4H,2,9H2,1H3,(H,10,15). The van der Waals surface area contributed by atoms with Crippen LogP contribution in [0.15, 0.2) is 12.4 Å². The van der Waals surface area contributed by atoms with E-state index in [0.29, 0.717) is 18.1 Å². The second kappa shape index (κ2) is 4.27. The Balaban J connectivity index is 1.98. The van der Waals surface area contributed by atoms with Crippen LogP contribution in [0.4, 0.5) is 5.82 Å². The van der Waals surface area contributed by atoms with Gasteiger partial charge in [0, 0.05) is 19.2 Å². The van der Waals surface area contributed by atoms with Gasteiger partial charge in [-0.15, -0.1) is 0 Å². The molecule has 0 aliphatic heterocycles. The Kier molecular flexibility index (Phi) is 2.82. The smallest absolute Gasteiger partial charge is 0.272 e. The minimum absolute atomic E-state index is 0.267. The Hall–Kier alpha value is -1.96. The molecule has 84 valence electrons. The van der Waals surface area contributed by atoms with Gasteiger partial charge in [-0.2, -0.15) is 13.8 Å². The first-order valence-electron chi connectivity index (χ1n) is 4.50. The maximum atomic E-state index is 11.5. The molecule has 0 unspecified atom stereocenters. The van der Waals surface area contributed by atoms with E-state index in [1.165, 1.54) is 6.20 Å². The van der Waals surface area contributed by atoms with Crippen molar-refractivity contribution in [2.24, 2.45) is 7.05 Å². The van der Waals surface area contributed by atoms with Gasteiger partial charge >= 0.3 is 0 Å². The summed E-state index contributed by atoms with van der Waals surface area (Å²) in [7, 11) is 1.74. The Labute approximate surface area is 95.6 Å². The summed E-state index contributed by atoms with van der Waals surface area (Å²) in [5, 5.41) is 6.66. The van der Waals surface area contributed by atoms with Crippen LogP contribution in [-0.4, -0.2) is 24.4 Å². The summed E-state index contributed by atoms with van der Waals surface area (Å²) in [5.41, 5.74) is 6.82. The molecule has 3 N–H and O–H groups in total. The molecule has 2 aromatic heterocycles. The average molecular weight is 238 g/mol. The van der Waals surface area contributed by atoms with Crippen molar-refractivity contribution in [2.45, 2.75) is 6.54 Å². The largest absolute Gasteiger partial charge is 0.384 e. The lowest BCUT2D eigenvalue weighted by atomic mass is 10.3. The molecule has 0 saturated heterocycles. The predicted molar refractivity (Wildman–Crippen MR) is 58.7 cm³/mol. The van der Waals surface area contributed by atoms with Gasteiger partial charge in [-0.25, -0.2) is 0 Å². The number of nitrogens with zero attached hydrogens (tertiary/aromatic N) is 4. The van der Waals surface area contributed by atoms with Gasteiger partial charge in [0.05, 0.1) is 24.1 Å². The van der Waals surface area contributed by atoms with Gasteiger partial charge in [0.1, 0.15) is 5.82 Å². The maximum absolute atomic E-state index is 11.5. The molecule has 2 aromatic rings. The maximum Gasteiger partial charge on any atom is 0.272 e. The van der Waals surface area contributed by atoms with Crippen LogP contribution < -0.4 is 11.1 Å². The number of aryl methyl sites for hydroxylation is 1. The highest BCUT2D eigenvalue weighted by molar-refractivity contribution is 6.99. The number of hydrogen-bond acceptors (Lipinski definition) is 6. The fourth-order valence-electron chi connectivity index (χ4n) is 1.16. The van der Waals surface area contributed by atoms with E-state index >= 15 is 0 Å². The Bertz CT molecular complexity index is 491.